The lowest BCUT2D eigenvalue weighted by atomic mass is 10.2. The lowest BCUT2D eigenvalue weighted by Gasteiger charge is -2.22. The molecule has 7 heteroatoms. The number of nitrogens with one attached hydrogen (secondary N) is 2. The van der Waals surface area contributed by atoms with Gasteiger partial charge >= 0.3 is 6.03 Å². The van der Waals surface area contributed by atoms with E-state index in [0.29, 0.717) is 19.0 Å². The molecule has 0 spiro atoms. The Labute approximate surface area is 146 Å². The predicted molar refractivity (Wildman–Crippen MR) is 94.3 cm³/mol. The van der Waals surface area contributed by atoms with Crippen LogP contribution in [0.2, 0.25) is 0 Å². The quantitative estimate of drug-likeness (QED) is 0.748. The molecule has 4 rings (SSSR count). The van der Waals surface area contributed by atoms with Crippen LogP contribution >= 0.6 is 0 Å². The zero-order chi connectivity index (χ0) is 17.1. The van der Waals surface area contributed by atoms with Crippen molar-refractivity contribution in [3.63, 3.8) is 0 Å². The first kappa shape index (κ1) is 15.7. The third-order valence-electron chi connectivity index (χ3n) is 4.78. The molecule has 0 saturated heterocycles. The number of carbonyl (C=O) groups excluding carboxylic acids is 1. The van der Waals surface area contributed by atoms with Crippen LogP contribution < -0.4 is 10.6 Å². The van der Waals surface area contributed by atoms with Crippen LogP contribution in [-0.4, -0.2) is 37.6 Å². The van der Waals surface area contributed by atoms with Crippen LogP contribution in [0.4, 0.5) is 4.79 Å². The molecular weight excluding hydrogens is 316 g/mol. The van der Waals surface area contributed by atoms with E-state index in [0.717, 1.165) is 30.6 Å². The Balaban J connectivity index is 1.27. The lowest BCUT2D eigenvalue weighted by Crippen LogP contribution is -2.44. The van der Waals surface area contributed by atoms with Crippen molar-refractivity contribution in [1.29, 1.82) is 0 Å². The fraction of sp³-hybridized carbons (Fsp3) is 0.389. The monoisotopic (exact) mass is 338 g/mol. The topological polar surface area (TPSA) is 76.2 Å². The fourth-order valence-electron chi connectivity index (χ4n) is 3.56. The molecule has 7 nitrogen and oxygen atoms in total. The molecular formula is C18H22N6O. The normalized spacial score (nSPS) is 20.0. The first-order valence-electron chi connectivity index (χ1n) is 8.74. The summed E-state index contributed by atoms with van der Waals surface area (Å²) in [6.07, 6.45) is 13.5. The summed E-state index contributed by atoms with van der Waals surface area (Å²) in [5.74, 6) is 0. The van der Waals surface area contributed by atoms with Crippen molar-refractivity contribution in [3.05, 3.63) is 55.0 Å². The molecule has 0 bridgehead atoms. The number of fused-ring (bicyclic) bond motifs is 1. The van der Waals surface area contributed by atoms with Crippen LogP contribution in [-0.2, 0) is 6.42 Å². The van der Waals surface area contributed by atoms with Gasteiger partial charge in [0, 0.05) is 37.8 Å². The second-order valence-corrected chi connectivity index (χ2v) is 6.46. The van der Waals surface area contributed by atoms with E-state index in [1.807, 2.05) is 47.5 Å². The third-order valence-corrected chi connectivity index (χ3v) is 4.78. The van der Waals surface area contributed by atoms with Gasteiger partial charge in [-0.1, -0.05) is 6.07 Å². The molecule has 1 aliphatic rings. The summed E-state index contributed by atoms with van der Waals surface area (Å²) in [5.41, 5.74) is 1.90. The van der Waals surface area contributed by atoms with Gasteiger partial charge in [0.05, 0.1) is 24.1 Å². The minimum atomic E-state index is -0.110. The Bertz CT molecular complexity index is 807. The van der Waals surface area contributed by atoms with Crippen molar-refractivity contribution >= 4 is 11.7 Å². The number of imidazole rings is 2. The van der Waals surface area contributed by atoms with E-state index in [4.69, 9.17) is 0 Å². The summed E-state index contributed by atoms with van der Waals surface area (Å²) < 4.78 is 4.08. The van der Waals surface area contributed by atoms with Crippen LogP contribution in [0.1, 0.15) is 31.0 Å². The first-order valence-corrected chi connectivity index (χ1v) is 8.74. The number of pyridine rings is 1. The molecule has 3 aromatic heterocycles. The van der Waals surface area contributed by atoms with Gasteiger partial charge < -0.3 is 19.6 Å². The van der Waals surface area contributed by atoms with Gasteiger partial charge in [-0.2, -0.15) is 0 Å². The van der Waals surface area contributed by atoms with Gasteiger partial charge in [0.25, 0.3) is 0 Å². The Kier molecular flexibility index (Phi) is 4.37. The van der Waals surface area contributed by atoms with Crippen molar-refractivity contribution in [1.82, 2.24) is 29.6 Å². The number of aromatic nitrogens is 4. The van der Waals surface area contributed by atoms with Crippen LogP contribution in [0.3, 0.4) is 0 Å². The third kappa shape index (κ3) is 3.50. The van der Waals surface area contributed by atoms with Crippen LogP contribution in [0.25, 0.3) is 5.65 Å². The van der Waals surface area contributed by atoms with Gasteiger partial charge in [0.2, 0.25) is 0 Å². The summed E-state index contributed by atoms with van der Waals surface area (Å²) >= 11 is 0. The molecule has 0 radical (unpaired) electrons. The largest absolute Gasteiger partial charge is 0.338 e. The summed E-state index contributed by atoms with van der Waals surface area (Å²) in [5, 5.41) is 6.05. The highest BCUT2D eigenvalue weighted by Crippen LogP contribution is 2.29. The zero-order valence-electron chi connectivity index (χ0n) is 14.0. The van der Waals surface area contributed by atoms with E-state index in [9.17, 15) is 4.79 Å². The van der Waals surface area contributed by atoms with Crippen LogP contribution in [0, 0.1) is 0 Å². The highest BCUT2D eigenvalue weighted by atomic mass is 16.2. The number of nitrogens with zero attached hydrogens (tertiary/aromatic N) is 4. The van der Waals surface area contributed by atoms with Crippen molar-refractivity contribution in [2.75, 3.05) is 6.54 Å². The molecule has 2 N–H and O–H groups in total. The van der Waals surface area contributed by atoms with Gasteiger partial charge in [-0.05, 0) is 31.4 Å². The number of amides is 2. The molecule has 2 atom stereocenters. The molecule has 3 heterocycles. The van der Waals surface area contributed by atoms with E-state index < -0.39 is 0 Å². The summed E-state index contributed by atoms with van der Waals surface area (Å²) in [7, 11) is 0. The Hall–Kier alpha value is -2.83. The average Bonchev–Trinajstić information content (AvgIpc) is 3.34. The average molecular weight is 338 g/mol. The van der Waals surface area contributed by atoms with Gasteiger partial charge in [0.15, 0.2) is 0 Å². The maximum absolute atomic E-state index is 12.2. The van der Waals surface area contributed by atoms with Crippen molar-refractivity contribution in [3.8, 4) is 0 Å². The molecule has 1 fully saturated rings. The minimum Gasteiger partial charge on any atom is -0.338 e. The van der Waals surface area contributed by atoms with Gasteiger partial charge in [0.1, 0.15) is 5.65 Å². The second kappa shape index (κ2) is 6.96. The standard InChI is InChI=1S/C18H22N6O/c25-18(22-15-4-3-5-16(15)24-11-9-19-13-24)20-8-7-14-12-23-10-2-1-6-17(23)21-14/h1-2,6,9-13,15-16H,3-5,7-8H2,(H2,20,22,25)/t15-,16+/m1/s1. The molecule has 1 saturated carbocycles. The van der Waals surface area contributed by atoms with Crippen molar-refractivity contribution in [2.24, 2.45) is 0 Å². The first-order chi connectivity index (χ1) is 12.3. The Morgan fingerprint density at radius 3 is 3.08 bits per heavy atom. The summed E-state index contributed by atoms with van der Waals surface area (Å²) in [6, 6.07) is 6.26. The van der Waals surface area contributed by atoms with Gasteiger partial charge in [-0.25, -0.2) is 14.8 Å². The number of hydrogen-bond donors (Lipinski definition) is 2. The van der Waals surface area contributed by atoms with Crippen molar-refractivity contribution in [2.45, 2.75) is 37.8 Å². The maximum atomic E-state index is 12.2. The molecule has 2 amide bonds. The highest BCUT2D eigenvalue weighted by molar-refractivity contribution is 5.74. The number of hydrogen-bond acceptors (Lipinski definition) is 3. The van der Waals surface area contributed by atoms with E-state index in [1.54, 1.807) is 6.20 Å². The fourth-order valence-corrected chi connectivity index (χ4v) is 3.56. The zero-order valence-corrected chi connectivity index (χ0v) is 14.0. The summed E-state index contributed by atoms with van der Waals surface area (Å²) in [4.78, 5) is 20.9. The summed E-state index contributed by atoms with van der Waals surface area (Å²) in [6.45, 7) is 0.568. The molecule has 1 aliphatic carbocycles. The number of carbonyl (C=O) groups is 1. The molecule has 130 valence electrons. The van der Waals surface area contributed by atoms with E-state index in [-0.39, 0.29) is 12.1 Å². The molecule has 25 heavy (non-hydrogen) atoms. The van der Waals surface area contributed by atoms with E-state index in [2.05, 4.69) is 25.2 Å². The highest BCUT2D eigenvalue weighted by Gasteiger charge is 2.29. The molecule has 0 aromatic carbocycles. The van der Waals surface area contributed by atoms with Crippen molar-refractivity contribution < 1.29 is 4.79 Å². The smallest absolute Gasteiger partial charge is 0.315 e. The van der Waals surface area contributed by atoms with E-state index >= 15 is 0 Å². The van der Waals surface area contributed by atoms with Crippen LogP contribution in [0.5, 0.6) is 0 Å². The molecule has 0 aliphatic heterocycles. The minimum absolute atomic E-state index is 0.110. The van der Waals surface area contributed by atoms with E-state index in [1.165, 1.54) is 0 Å². The second-order valence-electron chi connectivity index (χ2n) is 6.46. The molecule has 0 unspecified atom stereocenters. The SMILES string of the molecule is O=C(NCCc1cn2ccccc2n1)N[C@@H]1CCC[C@@H]1n1ccnc1. The molecule has 3 aromatic rings. The van der Waals surface area contributed by atoms with Gasteiger partial charge in [-0.3, -0.25) is 0 Å². The lowest BCUT2D eigenvalue weighted by molar-refractivity contribution is 0.233. The Morgan fingerprint density at radius 1 is 1.28 bits per heavy atom. The van der Waals surface area contributed by atoms with Gasteiger partial charge in [-0.15, -0.1) is 0 Å². The number of urea groups is 1. The Morgan fingerprint density at radius 2 is 2.24 bits per heavy atom. The predicted octanol–water partition coefficient (Wildman–Crippen LogP) is 2.17. The maximum Gasteiger partial charge on any atom is 0.315 e. The number of rotatable bonds is 5. The van der Waals surface area contributed by atoms with Crippen LogP contribution in [0.15, 0.2) is 49.3 Å².